The Labute approximate surface area is 174 Å². The molecule has 2 aliphatic heterocycles. The number of carbonyl (C=O) groups excluding carboxylic acids is 2. The maximum atomic E-state index is 12.9. The third kappa shape index (κ3) is 4.85. The lowest BCUT2D eigenvalue weighted by Crippen LogP contribution is -2.52. The van der Waals surface area contributed by atoms with Crippen molar-refractivity contribution >= 4 is 12.1 Å². The number of nitrogens with zero attached hydrogens (tertiary/aromatic N) is 3. The molecule has 158 valence electrons. The van der Waals surface area contributed by atoms with Crippen molar-refractivity contribution < 1.29 is 9.59 Å². The largest absolute Gasteiger partial charge is 0.335 e. The minimum Gasteiger partial charge on any atom is -0.335 e. The number of likely N-dealkylation sites (tertiary alicyclic amines) is 1. The fourth-order valence-corrected chi connectivity index (χ4v) is 4.89. The summed E-state index contributed by atoms with van der Waals surface area (Å²) in [5, 5.41) is 3.22. The molecule has 6 nitrogen and oxygen atoms in total. The van der Waals surface area contributed by atoms with Crippen molar-refractivity contribution in [1.29, 1.82) is 0 Å². The van der Waals surface area contributed by atoms with Gasteiger partial charge in [0.2, 0.25) is 0 Å². The van der Waals surface area contributed by atoms with Crippen LogP contribution in [0.1, 0.15) is 56.1 Å². The summed E-state index contributed by atoms with van der Waals surface area (Å²) in [6, 6.07) is 9.25. The van der Waals surface area contributed by atoms with Crippen molar-refractivity contribution in [2.45, 2.75) is 70.5 Å². The fourth-order valence-electron chi connectivity index (χ4n) is 4.89. The van der Waals surface area contributed by atoms with Gasteiger partial charge in [-0.2, -0.15) is 0 Å². The Morgan fingerprint density at radius 3 is 2.34 bits per heavy atom. The van der Waals surface area contributed by atoms with Gasteiger partial charge >= 0.3 is 12.1 Å². The van der Waals surface area contributed by atoms with E-state index in [1.807, 2.05) is 14.7 Å². The summed E-state index contributed by atoms with van der Waals surface area (Å²) in [4.78, 5) is 31.4. The highest BCUT2D eigenvalue weighted by molar-refractivity contribution is 5.77. The van der Waals surface area contributed by atoms with Crippen LogP contribution in [0.3, 0.4) is 0 Å². The van der Waals surface area contributed by atoms with Crippen molar-refractivity contribution in [3.8, 4) is 0 Å². The third-order valence-electron chi connectivity index (χ3n) is 6.75. The maximum absolute atomic E-state index is 12.9. The molecule has 4 rings (SSSR count). The van der Waals surface area contributed by atoms with Crippen LogP contribution in [0.25, 0.3) is 0 Å². The van der Waals surface area contributed by atoms with Crippen LogP contribution in [0.2, 0.25) is 0 Å². The van der Waals surface area contributed by atoms with Crippen LogP contribution < -0.4 is 5.32 Å². The summed E-state index contributed by atoms with van der Waals surface area (Å²) in [6.45, 7) is 5.82. The number of urea groups is 2. The Morgan fingerprint density at radius 2 is 1.66 bits per heavy atom. The molecule has 0 atom stereocenters. The molecule has 1 aromatic carbocycles. The summed E-state index contributed by atoms with van der Waals surface area (Å²) in [6.07, 6.45) is 7.72. The van der Waals surface area contributed by atoms with E-state index in [4.69, 9.17) is 0 Å². The predicted octanol–water partition coefficient (Wildman–Crippen LogP) is 3.74. The highest BCUT2D eigenvalue weighted by Crippen LogP contribution is 2.23. The molecule has 1 saturated carbocycles. The molecule has 0 spiro atoms. The number of hydrogen-bond acceptors (Lipinski definition) is 2. The standard InChI is InChI=1S/C23H34N4O2/c1-18-7-9-19(10-8-18)17-26-15-16-27(23(26)29)21-11-13-25(14-12-21)22(28)24-20-5-3-2-4-6-20/h7-10,20-21H,2-6,11-17H2,1H3,(H,24,28). The molecule has 3 aliphatic rings. The predicted molar refractivity (Wildman–Crippen MR) is 114 cm³/mol. The number of aryl methyl sites for hydroxylation is 1. The lowest BCUT2D eigenvalue weighted by Gasteiger charge is -2.37. The number of hydrogen-bond donors (Lipinski definition) is 1. The number of benzene rings is 1. The second-order valence-corrected chi connectivity index (χ2v) is 8.89. The normalized spacial score (nSPS) is 21.7. The van der Waals surface area contributed by atoms with E-state index in [1.54, 1.807) is 0 Å². The minimum absolute atomic E-state index is 0.0871. The molecule has 3 fully saturated rings. The average molecular weight is 399 g/mol. The summed E-state index contributed by atoms with van der Waals surface area (Å²) < 4.78 is 0. The Balaban J connectivity index is 1.24. The molecular weight excluding hydrogens is 364 g/mol. The number of amides is 4. The number of rotatable bonds is 4. The zero-order valence-electron chi connectivity index (χ0n) is 17.6. The Kier molecular flexibility index (Phi) is 6.26. The lowest BCUT2D eigenvalue weighted by molar-refractivity contribution is 0.132. The van der Waals surface area contributed by atoms with E-state index in [9.17, 15) is 9.59 Å². The topological polar surface area (TPSA) is 55.9 Å². The first kappa shape index (κ1) is 20.0. The van der Waals surface area contributed by atoms with Crippen LogP contribution >= 0.6 is 0 Å². The van der Waals surface area contributed by atoms with Gasteiger partial charge in [0.15, 0.2) is 0 Å². The molecule has 29 heavy (non-hydrogen) atoms. The van der Waals surface area contributed by atoms with E-state index < -0.39 is 0 Å². The molecule has 0 aromatic heterocycles. The molecule has 1 aliphatic carbocycles. The highest BCUT2D eigenvalue weighted by Gasteiger charge is 2.36. The van der Waals surface area contributed by atoms with Crippen molar-refractivity contribution in [2.75, 3.05) is 26.2 Å². The van der Waals surface area contributed by atoms with E-state index in [1.165, 1.54) is 30.4 Å². The van der Waals surface area contributed by atoms with Crippen LogP contribution in [0.5, 0.6) is 0 Å². The number of nitrogens with one attached hydrogen (secondary N) is 1. The van der Waals surface area contributed by atoms with Crippen molar-refractivity contribution in [3.63, 3.8) is 0 Å². The third-order valence-corrected chi connectivity index (χ3v) is 6.75. The monoisotopic (exact) mass is 398 g/mol. The quantitative estimate of drug-likeness (QED) is 0.840. The van der Waals surface area contributed by atoms with Gasteiger partial charge in [0.1, 0.15) is 0 Å². The van der Waals surface area contributed by atoms with Crippen LogP contribution in [0, 0.1) is 6.92 Å². The van der Waals surface area contributed by atoms with Crippen LogP contribution in [0.4, 0.5) is 9.59 Å². The SMILES string of the molecule is Cc1ccc(CN2CCN(C3CCN(C(=O)NC4CCCCC4)CC3)C2=O)cc1. The van der Waals surface area contributed by atoms with E-state index in [-0.39, 0.29) is 18.1 Å². The maximum Gasteiger partial charge on any atom is 0.320 e. The fraction of sp³-hybridized carbons (Fsp3) is 0.652. The highest BCUT2D eigenvalue weighted by atomic mass is 16.2. The Bertz CT molecular complexity index is 706. The van der Waals surface area contributed by atoms with Gasteiger partial charge in [-0.1, -0.05) is 49.1 Å². The van der Waals surface area contributed by atoms with Gasteiger partial charge in [0.05, 0.1) is 0 Å². The molecule has 6 heteroatoms. The van der Waals surface area contributed by atoms with Crippen molar-refractivity contribution in [3.05, 3.63) is 35.4 Å². The average Bonchev–Trinajstić information content (AvgIpc) is 3.11. The summed E-state index contributed by atoms with van der Waals surface area (Å²) >= 11 is 0. The van der Waals surface area contributed by atoms with Gasteiger partial charge in [-0.25, -0.2) is 9.59 Å². The van der Waals surface area contributed by atoms with Gasteiger partial charge < -0.3 is 20.0 Å². The first-order valence-electron chi connectivity index (χ1n) is 11.3. The molecule has 0 bridgehead atoms. The summed E-state index contributed by atoms with van der Waals surface area (Å²) in [5.41, 5.74) is 2.42. The smallest absolute Gasteiger partial charge is 0.320 e. The molecule has 1 N–H and O–H groups in total. The van der Waals surface area contributed by atoms with Gasteiger partial charge in [-0.05, 0) is 38.2 Å². The van der Waals surface area contributed by atoms with Crippen LogP contribution in [0.15, 0.2) is 24.3 Å². The zero-order valence-corrected chi connectivity index (χ0v) is 17.6. The lowest BCUT2D eigenvalue weighted by atomic mass is 9.95. The van der Waals surface area contributed by atoms with Gasteiger partial charge in [-0.3, -0.25) is 0 Å². The zero-order chi connectivity index (χ0) is 20.2. The van der Waals surface area contributed by atoms with Crippen LogP contribution in [-0.4, -0.2) is 65.0 Å². The Hall–Kier alpha value is -2.24. The number of carbonyl (C=O) groups is 2. The molecule has 1 aromatic rings. The van der Waals surface area contributed by atoms with E-state index in [0.717, 1.165) is 51.9 Å². The molecule has 2 heterocycles. The van der Waals surface area contributed by atoms with E-state index in [0.29, 0.717) is 12.6 Å². The molecular formula is C23H34N4O2. The molecule has 2 saturated heterocycles. The molecule has 4 amide bonds. The van der Waals surface area contributed by atoms with Crippen molar-refractivity contribution in [2.24, 2.45) is 0 Å². The second kappa shape index (κ2) is 9.06. The first-order chi connectivity index (χ1) is 14.1. The summed E-state index contributed by atoms with van der Waals surface area (Å²) in [7, 11) is 0. The molecule has 0 radical (unpaired) electrons. The van der Waals surface area contributed by atoms with Gasteiger partial charge in [0, 0.05) is 44.8 Å². The van der Waals surface area contributed by atoms with E-state index >= 15 is 0 Å². The summed E-state index contributed by atoms with van der Waals surface area (Å²) in [5.74, 6) is 0. The van der Waals surface area contributed by atoms with Crippen molar-refractivity contribution in [1.82, 2.24) is 20.0 Å². The van der Waals surface area contributed by atoms with Gasteiger partial charge in [0.25, 0.3) is 0 Å². The minimum atomic E-state index is 0.0871. The Morgan fingerprint density at radius 1 is 0.966 bits per heavy atom. The van der Waals surface area contributed by atoms with Gasteiger partial charge in [-0.15, -0.1) is 0 Å². The molecule has 0 unspecified atom stereocenters. The van der Waals surface area contributed by atoms with Crippen LogP contribution in [-0.2, 0) is 6.54 Å². The van der Waals surface area contributed by atoms with E-state index in [2.05, 4.69) is 36.5 Å². The second-order valence-electron chi connectivity index (χ2n) is 8.89. The first-order valence-corrected chi connectivity index (χ1v) is 11.3. The number of piperidine rings is 1.